The highest BCUT2D eigenvalue weighted by molar-refractivity contribution is 5.94. The smallest absolute Gasteiger partial charge is 0.254 e. The standard InChI is InChI=1S/C15H21FN2O2/c1-18-8-4-3-5-11(18)10-17-15(19)13-7-6-12(20-2)9-14(13)16/h6-7,9,11H,3-5,8,10H2,1-2H3,(H,17,19). The van der Waals surface area contributed by atoms with Crippen molar-refractivity contribution in [2.45, 2.75) is 25.3 Å². The van der Waals surface area contributed by atoms with Gasteiger partial charge in [-0.1, -0.05) is 6.42 Å². The molecule has 1 aliphatic heterocycles. The topological polar surface area (TPSA) is 41.6 Å². The van der Waals surface area contributed by atoms with Crippen molar-refractivity contribution in [2.24, 2.45) is 0 Å². The number of halogens is 1. The number of ether oxygens (including phenoxy) is 1. The Bertz CT molecular complexity index is 479. The van der Waals surface area contributed by atoms with Crippen molar-refractivity contribution < 1.29 is 13.9 Å². The van der Waals surface area contributed by atoms with Crippen molar-refractivity contribution >= 4 is 5.91 Å². The molecule has 1 fully saturated rings. The zero-order chi connectivity index (χ0) is 14.5. The number of piperidine rings is 1. The number of amides is 1. The maximum Gasteiger partial charge on any atom is 0.254 e. The van der Waals surface area contributed by atoms with Crippen molar-refractivity contribution in [3.8, 4) is 5.75 Å². The molecule has 1 aromatic carbocycles. The van der Waals surface area contributed by atoms with E-state index < -0.39 is 5.82 Å². The molecule has 1 unspecified atom stereocenters. The summed E-state index contributed by atoms with van der Waals surface area (Å²) < 4.78 is 18.7. The number of hydrogen-bond donors (Lipinski definition) is 1. The Kier molecular flexibility index (Phi) is 4.95. The highest BCUT2D eigenvalue weighted by atomic mass is 19.1. The first-order chi connectivity index (χ1) is 9.61. The van der Waals surface area contributed by atoms with Gasteiger partial charge < -0.3 is 15.0 Å². The van der Waals surface area contributed by atoms with E-state index in [-0.39, 0.29) is 11.5 Å². The van der Waals surface area contributed by atoms with Crippen molar-refractivity contribution in [2.75, 3.05) is 27.2 Å². The number of rotatable bonds is 4. The highest BCUT2D eigenvalue weighted by Gasteiger charge is 2.20. The van der Waals surface area contributed by atoms with Crippen LogP contribution in [0.3, 0.4) is 0 Å². The molecule has 0 spiro atoms. The van der Waals surface area contributed by atoms with Gasteiger partial charge in [-0.3, -0.25) is 4.79 Å². The van der Waals surface area contributed by atoms with Gasteiger partial charge in [-0.05, 0) is 38.6 Å². The minimum Gasteiger partial charge on any atom is -0.497 e. The van der Waals surface area contributed by atoms with Gasteiger partial charge in [0.2, 0.25) is 0 Å². The fourth-order valence-corrected chi connectivity index (χ4v) is 2.51. The first-order valence-electron chi connectivity index (χ1n) is 6.94. The van der Waals surface area contributed by atoms with Crippen LogP contribution >= 0.6 is 0 Å². The van der Waals surface area contributed by atoms with E-state index in [1.165, 1.54) is 32.1 Å². The second-order valence-electron chi connectivity index (χ2n) is 5.19. The SMILES string of the molecule is COc1ccc(C(=O)NCC2CCCCN2C)c(F)c1. The van der Waals surface area contributed by atoms with Gasteiger partial charge in [-0.15, -0.1) is 0 Å². The lowest BCUT2D eigenvalue weighted by atomic mass is 10.0. The van der Waals surface area contributed by atoms with Crippen molar-refractivity contribution in [3.05, 3.63) is 29.6 Å². The molecule has 5 heteroatoms. The molecule has 2 rings (SSSR count). The van der Waals surface area contributed by atoms with Crippen molar-refractivity contribution in [3.63, 3.8) is 0 Å². The normalized spacial score (nSPS) is 19.6. The first kappa shape index (κ1) is 14.8. The van der Waals surface area contributed by atoms with Crippen LogP contribution in [0, 0.1) is 5.82 Å². The molecule has 1 atom stereocenters. The van der Waals surface area contributed by atoms with Crippen molar-refractivity contribution in [1.82, 2.24) is 10.2 Å². The number of benzene rings is 1. The van der Waals surface area contributed by atoms with E-state index in [1.54, 1.807) is 6.07 Å². The molecule has 0 radical (unpaired) electrons. The lowest BCUT2D eigenvalue weighted by Gasteiger charge is -2.32. The van der Waals surface area contributed by atoms with E-state index >= 15 is 0 Å². The number of likely N-dealkylation sites (N-methyl/N-ethyl adjacent to an activating group) is 1. The average Bonchev–Trinajstić information content (AvgIpc) is 2.46. The molecule has 4 nitrogen and oxygen atoms in total. The third-order valence-corrected chi connectivity index (χ3v) is 3.84. The lowest BCUT2D eigenvalue weighted by molar-refractivity contribution is 0.0924. The highest BCUT2D eigenvalue weighted by Crippen LogP contribution is 2.17. The fraction of sp³-hybridized carbons (Fsp3) is 0.533. The minimum atomic E-state index is -0.557. The Morgan fingerprint density at radius 1 is 1.50 bits per heavy atom. The van der Waals surface area contributed by atoms with E-state index in [0.29, 0.717) is 18.3 Å². The van der Waals surface area contributed by atoms with Crippen LogP contribution in [0.15, 0.2) is 18.2 Å². The predicted molar refractivity (Wildman–Crippen MR) is 75.6 cm³/mol. The van der Waals surface area contributed by atoms with Gasteiger partial charge in [0.15, 0.2) is 0 Å². The van der Waals surface area contributed by atoms with E-state index in [0.717, 1.165) is 13.0 Å². The zero-order valence-corrected chi connectivity index (χ0v) is 12.0. The molecule has 0 aromatic heterocycles. The van der Waals surface area contributed by atoms with Crippen molar-refractivity contribution in [1.29, 1.82) is 0 Å². The second-order valence-corrected chi connectivity index (χ2v) is 5.19. The molecule has 110 valence electrons. The summed E-state index contributed by atoms with van der Waals surface area (Å²) in [6.45, 7) is 1.61. The third kappa shape index (κ3) is 3.48. The molecule has 1 aromatic rings. The van der Waals surface area contributed by atoms with Gasteiger partial charge in [0, 0.05) is 18.7 Å². The average molecular weight is 280 g/mol. The molecule has 20 heavy (non-hydrogen) atoms. The van der Waals surface area contributed by atoms with E-state index in [9.17, 15) is 9.18 Å². The number of nitrogens with zero attached hydrogens (tertiary/aromatic N) is 1. The lowest BCUT2D eigenvalue weighted by Crippen LogP contribution is -2.44. The van der Waals surface area contributed by atoms with Gasteiger partial charge in [0.25, 0.3) is 5.91 Å². The summed E-state index contributed by atoms with van der Waals surface area (Å²) in [5.41, 5.74) is 0.0595. The van der Waals surface area contributed by atoms with E-state index in [2.05, 4.69) is 17.3 Å². The summed E-state index contributed by atoms with van der Waals surface area (Å²) >= 11 is 0. The van der Waals surface area contributed by atoms with Crippen LogP contribution in [0.25, 0.3) is 0 Å². The molecule has 0 bridgehead atoms. The summed E-state index contributed by atoms with van der Waals surface area (Å²) in [6, 6.07) is 4.61. The number of hydrogen-bond acceptors (Lipinski definition) is 3. The summed E-state index contributed by atoms with van der Waals surface area (Å²) in [5.74, 6) is -0.519. The number of likely N-dealkylation sites (tertiary alicyclic amines) is 1. The Morgan fingerprint density at radius 3 is 2.95 bits per heavy atom. The summed E-state index contributed by atoms with van der Waals surface area (Å²) in [4.78, 5) is 14.2. The summed E-state index contributed by atoms with van der Waals surface area (Å²) in [6.07, 6.45) is 3.46. The van der Waals surface area contributed by atoms with Crippen LogP contribution in [0.4, 0.5) is 4.39 Å². The van der Waals surface area contributed by atoms with Gasteiger partial charge in [-0.2, -0.15) is 0 Å². The molecular weight excluding hydrogens is 259 g/mol. The predicted octanol–water partition coefficient (Wildman–Crippen LogP) is 2.05. The molecule has 0 aliphatic carbocycles. The van der Waals surface area contributed by atoms with Gasteiger partial charge in [0.05, 0.1) is 12.7 Å². The summed E-state index contributed by atoms with van der Waals surface area (Å²) in [7, 11) is 3.53. The number of nitrogens with one attached hydrogen (secondary N) is 1. The van der Waals surface area contributed by atoms with Gasteiger partial charge in [0.1, 0.15) is 11.6 Å². The Hall–Kier alpha value is -1.62. The summed E-state index contributed by atoms with van der Waals surface area (Å²) in [5, 5.41) is 2.82. The van der Waals surface area contributed by atoms with Gasteiger partial charge >= 0.3 is 0 Å². The van der Waals surface area contributed by atoms with Crippen LogP contribution < -0.4 is 10.1 Å². The van der Waals surface area contributed by atoms with Crippen LogP contribution in [0.5, 0.6) is 5.75 Å². The Labute approximate surface area is 118 Å². The number of carbonyl (C=O) groups excluding carboxylic acids is 1. The molecule has 1 aliphatic rings. The first-order valence-corrected chi connectivity index (χ1v) is 6.94. The fourth-order valence-electron chi connectivity index (χ4n) is 2.51. The number of carbonyl (C=O) groups is 1. The van der Waals surface area contributed by atoms with E-state index in [1.807, 2.05) is 0 Å². The zero-order valence-electron chi connectivity index (χ0n) is 12.0. The van der Waals surface area contributed by atoms with Crippen LogP contribution in [-0.4, -0.2) is 44.1 Å². The maximum atomic E-state index is 13.8. The van der Waals surface area contributed by atoms with E-state index in [4.69, 9.17) is 4.74 Å². The molecule has 1 amide bonds. The minimum absolute atomic E-state index is 0.0595. The Morgan fingerprint density at radius 2 is 2.30 bits per heavy atom. The number of methoxy groups -OCH3 is 1. The maximum absolute atomic E-state index is 13.8. The molecule has 1 saturated heterocycles. The third-order valence-electron chi connectivity index (χ3n) is 3.84. The Balaban J connectivity index is 1.94. The molecule has 1 heterocycles. The monoisotopic (exact) mass is 280 g/mol. The quantitative estimate of drug-likeness (QED) is 0.918. The largest absolute Gasteiger partial charge is 0.497 e. The molecular formula is C15H21FN2O2. The van der Waals surface area contributed by atoms with Crippen LogP contribution in [0.1, 0.15) is 29.6 Å². The molecule has 0 saturated carbocycles. The molecule has 1 N–H and O–H groups in total. The second kappa shape index (κ2) is 6.70. The van der Waals surface area contributed by atoms with Crippen LogP contribution in [-0.2, 0) is 0 Å². The van der Waals surface area contributed by atoms with Crippen LogP contribution in [0.2, 0.25) is 0 Å². The van der Waals surface area contributed by atoms with Gasteiger partial charge in [-0.25, -0.2) is 4.39 Å².